The zero-order valence-corrected chi connectivity index (χ0v) is 14.1. The monoisotopic (exact) mass is 365 g/mol. The van der Waals surface area contributed by atoms with Crippen molar-refractivity contribution in [1.82, 2.24) is 19.7 Å². The molecule has 2 heterocycles. The molecular weight excluding hydrogens is 352 g/mol. The van der Waals surface area contributed by atoms with Crippen molar-refractivity contribution in [3.8, 4) is 17.2 Å². The molecular formula is C19H13F2N5O. The molecule has 134 valence electrons. The Labute approximate surface area is 153 Å². The quantitative estimate of drug-likeness (QED) is 0.715. The van der Waals surface area contributed by atoms with Crippen LogP contribution in [0.2, 0.25) is 0 Å². The fourth-order valence-corrected chi connectivity index (χ4v) is 3.12. The number of halogens is 2. The number of aromatic nitrogens is 3. The van der Waals surface area contributed by atoms with Crippen LogP contribution < -0.4 is 0 Å². The maximum atomic E-state index is 14.0. The van der Waals surface area contributed by atoms with E-state index in [1.807, 2.05) is 18.2 Å². The first-order valence-corrected chi connectivity index (χ1v) is 8.18. The lowest BCUT2D eigenvalue weighted by molar-refractivity contribution is -0.132. The van der Waals surface area contributed by atoms with E-state index in [1.54, 1.807) is 11.0 Å². The van der Waals surface area contributed by atoms with E-state index in [-0.39, 0.29) is 18.3 Å². The molecule has 1 amide bonds. The average molecular weight is 365 g/mol. The number of benzene rings is 2. The molecule has 8 heteroatoms. The van der Waals surface area contributed by atoms with Gasteiger partial charge in [-0.2, -0.15) is 5.26 Å². The lowest BCUT2D eigenvalue weighted by atomic mass is 10.0. The number of nitriles is 1. The van der Waals surface area contributed by atoms with Gasteiger partial charge in [0.25, 0.3) is 5.82 Å². The number of hydrogen-bond acceptors (Lipinski definition) is 4. The van der Waals surface area contributed by atoms with Gasteiger partial charge in [-0.1, -0.05) is 12.1 Å². The van der Waals surface area contributed by atoms with Crippen LogP contribution >= 0.6 is 0 Å². The van der Waals surface area contributed by atoms with Crippen LogP contribution in [0.4, 0.5) is 8.78 Å². The highest BCUT2D eigenvalue weighted by Gasteiger charge is 2.24. The highest BCUT2D eigenvalue weighted by molar-refractivity contribution is 5.77. The normalized spacial score (nSPS) is 12.7. The van der Waals surface area contributed by atoms with Gasteiger partial charge in [-0.15, -0.1) is 5.10 Å². The van der Waals surface area contributed by atoms with Gasteiger partial charge in [0.15, 0.2) is 0 Å². The van der Waals surface area contributed by atoms with E-state index in [0.29, 0.717) is 24.2 Å². The van der Waals surface area contributed by atoms with Crippen molar-refractivity contribution in [2.24, 2.45) is 0 Å². The zero-order chi connectivity index (χ0) is 19.0. The second-order valence-electron chi connectivity index (χ2n) is 6.24. The summed E-state index contributed by atoms with van der Waals surface area (Å²) in [5, 5.41) is 12.6. The fraction of sp³-hybridized carbons (Fsp3) is 0.158. The van der Waals surface area contributed by atoms with Crippen molar-refractivity contribution in [2.45, 2.75) is 19.6 Å². The van der Waals surface area contributed by atoms with Crippen LogP contribution in [0, 0.1) is 23.0 Å². The lowest BCUT2D eigenvalue weighted by Gasteiger charge is -2.14. The Morgan fingerprint density at radius 1 is 1.15 bits per heavy atom. The third-order valence-electron chi connectivity index (χ3n) is 4.46. The van der Waals surface area contributed by atoms with E-state index in [0.717, 1.165) is 17.2 Å². The largest absolute Gasteiger partial charge is 0.332 e. The molecule has 0 aliphatic carbocycles. The molecule has 3 aromatic rings. The summed E-state index contributed by atoms with van der Waals surface area (Å²) >= 11 is 0. The minimum atomic E-state index is -0.625. The van der Waals surface area contributed by atoms with Gasteiger partial charge in [0.05, 0.1) is 0 Å². The predicted molar refractivity (Wildman–Crippen MR) is 90.8 cm³/mol. The molecule has 27 heavy (non-hydrogen) atoms. The van der Waals surface area contributed by atoms with E-state index in [2.05, 4.69) is 10.1 Å². The third kappa shape index (κ3) is 3.27. The summed E-state index contributed by atoms with van der Waals surface area (Å²) in [6.07, 6.45) is 1.34. The van der Waals surface area contributed by atoms with Crippen molar-refractivity contribution in [3.63, 3.8) is 0 Å². The van der Waals surface area contributed by atoms with Crippen LogP contribution in [-0.2, 0) is 24.4 Å². The summed E-state index contributed by atoms with van der Waals surface area (Å²) in [5.41, 5.74) is 2.85. The zero-order valence-electron chi connectivity index (χ0n) is 14.1. The highest BCUT2D eigenvalue weighted by atomic mass is 19.1. The van der Waals surface area contributed by atoms with Gasteiger partial charge in [-0.25, -0.2) is 18.4 Å². The van der Waals surface area contributed by atoms with Gasteiger partial charge in [0.2, 0.25) is 5.91 Å². The van der Waals surface area contributed by atoms with Crippen molar-refractivity contribution in [3.05, 3.63) is 71.3 Å². The van der Waals surface area contributed by atoms with Crippen LogP contribution in [0.25, 0.3) is 11.1 Å². The van der Waals surface area contributed by atoms with E-state index in [9.17, 15) is 13.6 Å². The molecule has 0 fully saturated rings. The molecule has 0 N–H and O–H groups in total. The molecule has 6 nitrogen and oxygen atoms in total. The Morgan fingerprint density at radius 2 is 1.96 bits per heavy atom. The van der Waals surface area contributed by atoms with Crippen molar-refractivity contribution >= 4 is 5.91 Å². The SMILES string of the molecule is N#Cc1ncn(CC(=O)N2Cc3ccc(-c4ccc(F)cc4F)cc3C2)n1. The minimum Gasteiger partial charge on any atom is -0.332 e. The average Bonchev–Trinajstić information content (AvgIpc) is 3.27. The molecule has 0 saturated heterocycles. The summed E-state index contributed by atoms with van der Waals surface area (Å²) in [6.45, 7) is 0.826. The maximum absolute atomic E-state index is 14.0. The second kappa shape index (κ2) is 6.61. The molecule has 1 aliphatic rings. The Balaban J connectivity index is 1.51. The number of rotatable bonds is 3. The van der Waals surface area contributed by atoms with Gasteiger partial charge in [0, 0.05) is 24.7 Å². The van der Waals surface area contributed by atoms with Crippen LogP contribution in [0.5, 0.6) is 0 Å². The van der Waals surface area contributed by atoms with E-state index in [1.165, 1.54) is 23.1 Å². The molecule has 0 radical (unpaired) electrons. The summed E-state index contributed by atoms with van der Waals surface area (Å²) in [7, 11) is 0. The Hall–Kier alpha value is -3.60. The lowest BCUT2D eigenvalue weighted by Crippen LogP contribution is -2.29. The molecule has 0 saturated carbocycles. The Morgan fingerprint density at radius 3 is 2.70 bits per heavy atom. The predicted octanol–water partition coefficient (Wildman–Crippen LogP) is 2.64. The van der Waals surface area contributed by atoms with Crippen LogP contribution in [0.1, 0.15) is 17.0 Å². The molecule has 0 bridgehead atoms. The first-order valence-electron chi connectivity index (χ1n) is 8.18. The standard InChI is InChI=1S/C19H13F2N5O/c20-15-3-4-16(17(21)6-15)12-1-2-13-8-25(9-14(13)5-12)19(27)10-26-11-23-18(7-22)24-26/h1-6,11H,8-10H2. The van der Waals surface area contributed by atoms with Crippen molar-refractivity contribution in [1.29, 1.82) is 5.26 Å². The minimum absolute atomic E-state index is 0.0118. The molecule has 1 aromatic heterocycles. The van der Waals surface area contributed by atoms with Crippen LogP contribution in [-0.4, -0.2) is 25.6 Å². The first kappa shape index (κ1) is 16.8. The van der Waals surface area contributed by atoms with Gasteiger partial charge < -0.3 is 4.90 Å². The number of carbonyl (C=O) groups excluding carboxylic acids is 1. The highest BCUT2D eigenvalue weighted by Crippen LogP contribution is 2.30. The van der Waals surface area contributed by atoms with Gasteiger partial charge in [-0.3, -0.25) is 4.79 Å². The summed E-state index contributed by atoms with van der Waals surface area (Å²) in [4.78, 5) is 17.9. The topological polar surface area (TPSA) is 74.8 Å². The molecule has 1 aliphatic heterocycles. The number of hydrogen-bond donors (Lipinski definition) is 0. The summed E-state index contributed by atoms with van der Waals surface area (Å²) in [5.74, 6) is -1.39. The smallest absolute Gasteiger partial charge is 0.252 e. The molecule has 0 spiro atoms. The Kier molecular flexibility index (Phi) is 4.12. The number of nitrogens with zero attached hydrogens (tertiary/aromatic N) is 5. The van der Waals surface area contributed by atoms with E-state index in [4.69, 9.17) is 5.26 Å². The third-order valence-corrected chi connectivity index (χ3v) is 4.46. The van der Waals surface area contributed by atoms with E-state index < -0.39 is 11.6 Å². The molecule has 2 aromatic carbocycles. The maximum Gasteiger partial charge on any atom is 0.252 e. The second-order valence-corrected chi connectivity index (χ2v) is 6.24. The number of carbonyl (C=O) groups is 1. The van der Waals surface area contributed by atoms with Gasteiger partial charge in [-0.05, 0) is 34.9 Å². The van der Waals surface area contributed by atoms with Crippen LogP contribution in [0.3, 0.4) is 0 Å². The molecule has 0 unspecified atom stereocenters. The fourth-order valence-electron chi connectivity index (χ4n) is 3.12. The molecule has 4 rings (SSSR count). The van der Waals surface area contributed by atoms with Gasteiger partial charge in [0.1, 0.15) is 30.6 Å². The van der Waals surface area contributed by atoms with E-state index >= 15 is 0 Å². The van der Waals surface area contributed by atoms with Crippen LogP contribution in [0.15, 0.2) is 42.7 Å². The number of amides is 1. The molecule has 0 atom stereocenters. The Bertz CT molecular complexity index is 1090. The van der Waals surface area contributed by atoms with Gasteiger partial charge >= 0.3 is 0 Å². The number of fused-ring (bicyclic) bond motifs is 1. The summed E-state index contributed by atoms with van der Waals surface area (Å²) in [6, 6.07) is 10.7. The summed E-state index contributed by atoms with van der Waals surface area (Å²) < 4.78 is 28.5. The van der Waals surface area contributed by atoms with Crippen molar-refractivity contribution in [2.75, 3.05) is 0 Å². The van der Waals surface area contributed by atoms with Crippen molar-refractivity contribution < 1.29 is 13.6 Å². The first-order chi connectivity index (χ1) is 13.0.